The van der Waals surface area contributed by atoms with Crippen LogP contribution < -0.4 is 14.2 Å². The normalized spacial score (nSPS) is 13.5. The summed E-state index contributed by atoms with van der Waals surface area (Å²) in [5, 5.41) is 9.96. The zero-order valence-electron chi connectivity index (χ0n) is 11.8. The minimum absolute atomic E-state index is 0.216. The van der Waals surface area contributed by atoms with Gasteiger partial charge < -0.3 is 14.2 Å². The van der Waals surface area contributed by atoms with Gasteiger partial charge in [0.15, 0.2) is 11.5 Å². The third-order valence-electron chi connectivity index (χ3n) is 3.45. The fourth-order valence-electron chi connectivity index (χ4n) is 2.26. The van der Waals surface area contributed by atoms with E-state index >= 15 is 0 Å². The first-order valence-corrected chi connectivity index (χ1v) is 7.31. The summed E-state index contributed by atoms with van der Waals surface area (Å²) in [6.07, 6.45) is 0.604. The van der Waals surface area contributed by atoms with Crippen LogP contribution >= 0.6 is 11.6 Å². The molecule has 1 aliphatic rings. The molecule has 0 radical (unpaired) electrons. The molecule has 0 saturated carbocycles. The molecule has 1 aliphatic heterocycles. The average Bonchev–Trinajstić information content (AvgIpc) is 3.00. The molecule has 1 atom stereocenters. The minimum atomic E-state index is -0.216. The molecule has 112 valence electrons. The Kier molecular flexibility index (Phi) is 4.36. The molecule has 3 rings (SSSR count). The molecule has 1 heterocycles. The van der Waals surface area contributed by atoms with E-state index in [0.29, 0.717) is 29.5 Å². The predicted molar refractivity (Wildman–Crippen MR) is 82.5 cm³/mol. The summed E-state index contributed by atoms with van der Waals surface area (Å²) in [7, 11) is 0. The number of nitrogens with zero attached hydrogens (tertiary/aromatic N) is 1. The van der Waals surface area contributed by atoms with Crippen molar-refractivity contribution < 1.29 is 14.2 Å². The zero-order chi connectivity index (χ0) is 15.4. The van der Waals surface area contributed by atoms with E-state index in [4.69, 9.17) is 25.8 Å². The predicted octanol–water partition coefficient (Wildman–Crippen LogP) is 4.14. The van der Waals surface area contributed by atoms with Crippen LogP contribution in [0.5, 0.6) is 17.2 Å². The van der Waals surface area contributed by atoms with Gasteiger partial charge in [0, 0.05) is 17.5 Å². The summed E-state index contributed by atoms with van der Waals surface area (Å²) in [6.45, 7) is 0.687. The van der Waals surface area contributed by atoms with Crippen LogP contribution in [0.2, 0.25) is 5.02 Å². The first-order valence-electron chi connectivity index (χ1n) is 6.94. The Labute approximate surface area is 133 Å². The van der Waals surface area contributed by atoms with Gasteiger partial charge in [-0.05, 0) is 29.8 Å². The molecule has 5 heteroatoms. The van der Waals surface area contributed by atoms with Crippen LogP contribution in [0.3, 0.4) is 0 Å². The van der Waals surface area contributed by atoms with Crippen LogP contribution in [-0.4, -0.2) is 13.4 Å². The van der Waals surface area contributed by atoms with E-state index in [2.05, 4.69) is 6.07 Å². The molecule has 2 aromatic carbocycles. The third kappa shape index (κ3) is 3.26. The lowest BCUT2D eigenvalue weighted by Gasteiger charge is -2.11. The van der Waals surface area contributed by atoms with Gasteiger partial charge in [-0.25, -0.2) is 0 Å². The van der Waals surface area contributed by atoms with Crippen molar-refractivity contribution >= 4 is 11.6 Å². The van der Waals surface area contributed by atoms with Gasteiger partial charge in [0.2, 0.25) is 6.79 Å². The topological polar surface area (TPSA) is 51.5 Å². The highest BCUT2D eigenvalue weighted by Gasteiger charge is 2.14. The average molecular weight is 316 g/mol. The fourth-order valence-corrected chi connectivity index (χ4v) is 2.39. The lowest BCUT2D eigenvalue weighted by molar-refractivity contribution is 0.173. The van der Waals surface area contributed by atoms with Crippen molar-refractivity contribution in [2.75, 3.05) is 13.4 Å². The van der Waals surface area contributed by atoms with Crippen molar-refractivity contribution in [3.8, 4) is 23.3 Å². The Morgan fingerprint density at radius 3 is 2.68 bits per heavy atom. The van der Waals surface area contributed by atoms with Crippen molar-refractivity contribution in [2.45, 2.75) is 12.3 Å². The van der Waals surface area contributed by atoms with Gasteiger partial charge >= 0.3 is 0 Å². The van der Waals surface area contributed by atoms with Crippen molar-refractivity contribution in [1.29, 1.82) is 5.26 Å². The lowest BCUT2D eigenvalue weighted by Crippen LogP contribution is -2.04. The molecule has 0 bridgehead atoms. The van der Waals surface area contributed by atoms with Gasteiger partial charge in [0.05, 0.1) is 18.6 Å². The highest BCUT2D eigenvalue weighted by atomic mass is 35.5. The maximum absolute atomic E-state index is 9.30. The standard InChI is InChI=1S/C17H14ClNO3/c18-14-3-1-12(2-4-14)13(10-19)7-8-20-15-5-6-16-17(9-15)22-11-21-16/h1-6,9,13H,7-8,11H2. The van der Waals surface area contributed by atoms with Crippen LogP contribution in [-0.2, 0) is 0 Å². The summed E-state index contributed by atoms with van der Waals surface area (Å²) >= 11 is 5.86. The maximum Gasteiger partial charge on any atom is 0.231 e. The molecule has 4 nitrogen and oxygen atoms in total. The van der Waals surface area contributed by atoms with Crippen molar-refractivity contribution in [3.63, 3.8) is 0 Å². The van der Waals surface area contributed by atoms with Crippen LogP contribution in [0.25, 0.3) is 0 Å². The first kappa shape index (κ1) is 14.6. The molecule has 0 amide bonds. The number of fused-ring (bicyclic) bond motifs is 1. The van der Waals surface area contributed by atoms with Crippen LogP contribution in [0.15, 0.2) is 42.5 Å². The highest BCUT2D eigenvalue weighted by molar-refractivity contribution is 6.30. The van der Waals surface area contributed by atoms with Crippen molar-refractivity contribution in [2.24, 2.45) is 0 Å². The van der Waals surface area contributed by atoms with Gasteiger partial charge in [-0.3, -0.25) is 0 Å². The van der Waals surface area contributed by atoms with E-state index in [1.165, 1.54) is 0 Å². The molecule has 1 unspecified atom stereocenters. The summed E-state index contributed by atoms with van der Waals surface area (Å²) < 4.78 is 16.2. The van der Waals surface area contributed by atoms with Crippen molar-refractivity contribution in [1.82, 2.24) is 0 Å². The third-order valence-corrected chi connectivity index (χ3v) is 3.70. The second-order valence-corrected chi connectivity index (χ2v) is 5.32. The molecule has 22 heavy (non-hydrogen) atoms. The number of hydrogen-bond acceptors (Lipinski definition) is 4. The van der Waals surface area contributed by atoms with Crippen LogP contribution in [0.4, 0.5) is 0 Å². The van der Waals surface area contributed by atoms with E-state index in [9.17, 15) is 5.26 Å². The number of hydrogen-bond donors (Lipinski definition) is 0. The van der Waals surface area contributed by atoms with E-state index < -0.39 is 0 Å². The van der Waals surface area contributed by atoms with Gasteiger partial charge in [-0.15, -0.1) is 0 Å². The van der Waals surface area contributed by atoms with E-state index in [1.54, 1.807) is 18.2 Å². The monoisotopic (exact) mass is 315 g/mol. The molecule has 0 spiro atoms. The Balaban J connectivity index is 1.57. The van der Waals surface area contributed by atoms with Gasteiger partial charge in [-0.1, -0.05) is 23.7 Å². The molecule has 0 saturated heterocycles. The number of rotatable bonds is 5. The maximum atomic E-state index is 9.30. The summed E-state index contributed by atoms with van der Waals surface area (Å²) in [5.41, 5.74) is 0.946. The van der Waals surface area contributed by atoms with Gasteiger partial charge in [0.25, 0.3) is 0 Å². The van der Waals surface area contributed by atoms with Crippen LogP contribution in [0.1, 0.15) is 17.9 Å². The molecule has 0 N–H and O–H groups in total. The molecule has 0 aromatic heterocycles. The van der Waals surface area contributed by atoms with Crippen LogP contribution in [0, 0.1) is 11.3 Å². The number of halogens is 1. The molecular weight excluding hydrogens is 302 g/mol. The second-order valence-electron chi connectivity index (χ2n) is 4.89. The number of benzene rings is 2. The summed E-state index contributed by atoms with van der Waals surface area (Å²) in [5.74, 6) is 1.90. The molecule has 0 aliphatic carbocycles. The number of ether oxygens (including phenoxy) is 3. The van der Waals surface area contributed by atoms with E-state index in [1.807, 2.05) is 24.3 Å². The van der Waals surface area contributed by atoms with E-state index in [0.717, 1.165) is 11.3 Å². The largest absolute Gasteiger partial charge is 0.493 e. The molecule has 2 aromatic rings. The lowest BCUT2D eigenvalue weighted by atomic mass is 9.98. The fraction of sp³-hybridized carbons (Fsp3) is 0.235. The first-order chi connectivity index (χ1) is 10.8. The second kappa shape index (κ2) is 6.59. The van der Waals surface area contributed by atoms with Crippen molar-refractivity contribution in [3.05, 3.63) is 53.1 Å². The Hall–Kier alpha value is -2.38. The molecule has 0 fully saturated rings. The SMILES string of the molecule is N#CC(CCOc1ccc2c(c1)OCO2)c1ccc(Cl)cc1. The quantitative estimate of drug-likeness (QED) is 0.832. The minimum Gasteiger partial charge on any atom is -0.493 e. The smallest absolute Gasteiger partial charge is 0.231 e. The molecular formula is C17H14ClNO3. The Morgan fingerprint density at radius 1 is 1.14 bits per heavy atom. The Bertz CT molecular complexity index is 694. The summed E-state index contributed by atoms with van der Waals surface area (Å²) in [4.78, 5) is 0. The van der Waals surface area contributed by atoms with Gasteiger partial charge in [0.1, 0.15) is 5.75 Å². The highest BCUT2D eigenvalue weighted by Crippen LogP contribution is 2.35. The van der Waals surface area contributed by atoms with Gasteiger partial charge in [-0.2, -0.15) is 5.26 Å². The zero-order valence-corrected chi connectivity index (χ0v) is 12.5. The summed E-state index contributed by atoms with van der Waals surface area (Å²) in [6, 6.07) is 15.1. The number of nitriles is 1. The van der Waals surface area contributed by atoms with E-state index in [-0.39, 0.29) is 12.7 Å². The Morgan fingerprint density at radius 2 is 1.91 bits per heavy atom.